The highest BCUT2D eigenvalue weighted by Crippen LogP contribution is 2.42. The van der Waals surface area contributed by atoms with Crippen molar-refractivity contribution in [1.29, 1.82) is 0 Å². The van der Waals surface area contributed by atoms with E-state index in [0.29, 0.717) is 6.42 Å². The van der Waals surface area contributed by atoms with Gasteiger partial charge in [-0.2, -0.15) is 0 Å². The van der Waals surface area contributed by atoms with Gasteiger partial charge >= 0.3 is 5.97 Å². The summed E-state index contributed by atoms with van der Waals surface area (Å²) in [5.41, 5.74) is 0. The van der Waals surface area contributed by atoms with Crippen LogP contribution in [0.15, 0.2) is 0 Å². The first-order valence-corrected chi connectivity index (χ1v) is 7.39. The number of carbonyl (C=O) groups is 3. The molecule has 0 aromatic heterocycles. The van der Waals surface area contributed by atoms with Gasteiger partial charge in [-0.3, -0.25) is 9.59 Å². The van der Waals surface area contributed by atoms with Gasteiger partial charge in [-0.15, -0.1) is 0 Å². The SMILES string of the molecule is CNC(=O)COCC(=O)OC1C2CC(C(=O)NC)[C@H](O2)[C@H]1OC. The van der Waals surface area contributed by atoms with Crippen LogP contribution in [0, 0.1) is 5.92 Å². The van der Waals surface area contributed by atoms with Gasteiger partial charge < -0.3 is 29.6 Å². The second-order valence-corrected chi connectivity index (χ2v) is 5.42. The lowest BCUT2D eigenvalue weighted by Gasteiger charge is -2.30. The summed E-state index contributed by atoms with van der Waals surface area (Å²) in [4.78, 5) is 34.6. The minimum absolute atomic E-state index is 0.113. The molecule has 2 fully saturated rings. The van der Waals surface area contributed by atoms with Gasteiger partial charge in [0, 0.05) is 21.2 Å². The Morgan fingerprint density at radius 2 is 1.87 bits per heavy atom. The molecule has 2 amide bonds. The number of hydrogen-bond acceptors (Lipinski definition) is 7. The summed E-state index contributed by atoms with van der Waals surface area (Å²) in [6.07, 6.45) is -1.42. The molecule has 23 heavy (non-hydrogen) atoms. The lowest BCUT2D eigenvalue weighted by atomic mass is 9.84. The Labute approximate surface area is 134 Å². The minimum Gasteiger partial charge on any atom is -0.455 e. The number of likely N-dealkylation sites (N-methyl/N-ethyl adjacent to an activating group) is 1. The zero-order chi connectivity index (χ0) is 17.0. The molecule has 0 aliphatic carbocycles. The largest absolute Gasteiger partial charge is 0.455 e. The van der Waals surface area contributed by atoms with E-state index in [2.05, 4.69) is 10.6 Å². The Morgan fingerprint density at radius 1 is 1.13 bits per heavy atom. The van der Waals surface area contributed by atoms with Crippen LogP contribution >= 0.6 is 0 Å². The maximum Gasteiger partial charge on any atom is 0.332 e. The van der Waals surface area contributed by atoms with E-state index in [9.17, 15) is 14.4 Å². The Bertz CT molecular complexity index is 470. The molecule has 0 saturated carbocycles. The van der Waals surface area contributed by atoms with Crippen molar-refractivity contribution in [3.63, 3.8) is 0 Å². The number of amides is 2. The number of hydrogen-bond donors (Lipinski definition) is 2. The fraction of sp³-hybridized carbons (Fsp3) is 0.786. The molecular weight excluding hydrogens is 308 g/mol. The molecule has 0 spiro atoms. The molecular formula is C14H22N2O7. The zero-order valence-corrected chi connectivity index (χ0v) is 13.4. The Balaban J connectivity index is 1.86. The van der Waals surface area contributed by atoms with Crippen molar-refractivity contribution in [1.82, 2.24) is 10.6 Å². The molecule has 2 heterocycles. The zero-order valence-electron chi connectivity index (χ0n) is 13.4. The van der Waals surface area contributed by atoms with Crippen LogP contribution in [0.3, 0.4) is 0 Å². The molecule has 2 saturated heterocycles. The number of ether oxygens (including phenoxy) is 4. The second kappa shape index (κ2) is 7.71. The summed E-state index contributed by atoms with van der Waals surface area (Å²) >= 11 is 0. The molecule has 2 aliphatic heterocycles. The predicted octanol–water partition coefficient (Wildman–Crippen LogP) is -1.79. The summed E-state index contributed by atoms with van der Waals surface area (Å²) in [7, 11) is 4.53. The standard InChI is InChI=1S/C14H22N2O7/c1-15-9(17)5-21-6-10(18)23-12-8-4-7(14(19)16-2)11(22-8)13(12)20-3/h7-8,11-13H,4-6H2,1-3H3,(H,15,17)(H,16,19)/t7?,8?,11-,12?,13+/m0/s1. The summed E-state index contributed by atoms with van der Waals surface area (Å²) < 4.78 is 21.4. The fourth-order valence-corrected chi connectivity index (χ4v) is 2.99. The molecule has 2 rings (SSSR count). The third kappa shape index (κ3) is 3.80. The fourth-order valence-electron chi connectivity index (χ4n) is 2.99. The summed E-state index contributed by atoms with van der Waals surface area (Å²) in [6.45, 7) is -0.554. The van der Waals surface area contributed by atoms with Crippen LogP contribution in [0.2, 0.25) is 0 Å². The first-order chi connectivity index (χ1) is 11.0. The minimum atomic E-state index is -0.603. The van der Waals surface area contributed by atoms with E-state index in [-0.39, 0.29) is 37.0 Å². The van der Waals surface area contributed by atoms with Crippen molar-refractivity contribution >= 4 is 17.8 Å². The number of fused-ring (bicyclic) bond motifs is 2. The van der Waals surface area contributed by atoms with E-state index < -0.39 is 24.3 Å². The average Bonchev–Trinajstić information content (AvgIpc) is 3.12. The maximum atomic E-state index is 11.8. The first kappa shape index (κ1) is 17.6. The number of nitrogens with one attached hydrogen (secondary N) is 2. The number of methoxy groups -OCH3 is 1. The second-order valence-electron chi connectivity index (χ2n) is 5.42. The van der Waals surface area contributed by atoms with Crippen LogP contribution in [0.4, 0.5) is 0 Å². The molecule has 0 radical (unpaired) electrons. The topological polar surface area (TPSA) is 112 Å². The van der Waals surface area contributed by atoms with Gasteiger partial charge in [-0.05, 0) is 6.42 Å². The van der Waals surface area contributed by atoms with Gasteiger partial charge in [0.25, 0.3) is 0 Å². The van der Waals surface area contributed by atoms with Crippen molar-refractivity contribution in [2.24, 2.45) is 5.92 Å². The van der Waals surface area contributed by atoms with Crippen molar-refractivity contribution in [3.8, 4) is 0 Å². The van der Waals surface area contributed by atoms with Crippen LogP contribution in [-0.2, 0) is 33.3 Å². The molecule has 5 atom stereocenters. The van der Waals surface area contributed by atoms with E-state index in [1.54, 1.807) is 7.05 Å². The highest BCUT2D eigenvalue weighted by atomic mass is 16.6. The number of esters is 1. The van der Waals surface area contributed by atoms with Crippen LogP contribution < -0.4 is 10.6 Å². The van der Waals surface area contributed by atoms with Gasteiger partial charge in [0.15, 0.2) is 6.10 Å². The van der Waals surface area contributed by atoms with Crippen molar-refractivity contribution in [2.75, 3.05) is 34.4 Å². The van der Waals surface area contributed by atoms with Gasteiger partial charge in [-0.25, -0.2) is 4.79 Å². The van der Waals surface area contributed by atoms with Crippen LogP contribution in [0.5, 0.6) is 0 Å². The third-order valence-corrected chi connectivity index (χ3v) is 4.08. The number of rotatable bonds is 7. The van der Waals surface area contributed by atoms with Gasteiger partial charge in [-0.1, -0.05) is 0 Å². The molecule has 3 unspecified atom stereocenters. The van der Waals surface area contributed by atoms with E-state index in [4.69, 9.17) is 18.9 Å². The molecule has 2 bridgehead atoms. The lowest BCUT2D eigenvalue weighted by Crippen LogP contribution is -2.49. The molecule has 2 N–H and O–H groups in total. The third-order valence-electron chi connectivity index (χ3n) is 4.08. The summed E-state index contributed by atoms with van der Waals surface area (Å²) in [6, 6.07) is 0. The molecule has 0 aromatic rings. The van der Waals surface area contributed by atoms with Gasteiger partial charge in [0.05, 0.1) is 18.1 Å². The molecule has 9 nitrogen and oxygen atoms in total. The monoisotopic (exact) mass is 330 g/mol. The molecule has 2 aliphatic rings. The Hall–Kier alpha value is -1.71. The van der Waals surface area contributed by atoms with Gasteiger partial charge in [0.2, 0.25) is 11.8 Å². The number of carbonyl (C=O) groups excluding carboxylic acids is 3. The highest BCUT2D eigenvalue weighted by molar-refractivity contribution is 5.80. The summed E-state index contributed by atoms with van der Waals surface area (Å²) in [5.74, 6) is -1.36. The van der Waals surface area contributed by atoms with Crippen LogP contribution in [0.25, 0.3) is 0 Å². The molecule has 9 heteroatoms. The smallest absolute Gasteiger partial charge is 0.332 e. The highest BCUT2D eigenvalue weighted by Gasteiger charge is 2.58. The van der Waals surface area contributed by atoms with Gasteiger partial charge in [0.1, 0.15) is 19.3 Å². The van der Waals surface area contributed by atoms with Crippen molar-refractivity contribution in [2.45, 2.75) is 30.8 Å². The molecule has 130 valence electrons. The Kier molecular flexibility index (Phi) is 5.91. The van der Waals surface area contributed by atoms with Crippen molar-refractivity contribution < 1.29 is 33.3 Å². The van der Waals surface area contributed by atoms with E-state index >= 15 is 0 Å². The quantitative estimate of drug-likeness (QED) is 0.530. The van der Waals surface area contributed by atoms with E-state index in [1.807, 2.05) is 0 Å². The molecule has 0 aromatic carbocycles. The lowest BCUT2D eigenvalue weighted by molar-refractivity contribution is -0.164. The van der Waals surface area contributed by atoms with E-state index in [1.165, 1.54) is 14.2 Å². The van der Waals surface area contributed by atoms with E-state index in [0.717, 1.165) is 0 Å². The maximum absolute atomic E-state index is 11.8. The predicted molar refractivity (Wildman–Crippen MR) is 76.4 cm³/mol. The van der Waals surface area contributed by atoms with Crippen LogP contribution in [0.1, 0.15) is 6.42 Å². The first-order valence-electron chi connectivity index (χ1n) is 7.39. The summed E-state index contributed by atoms with van der Waals surface area (Å²) in [5, 5.41) is 4.97. The normalized spacial score (nSPS) is 31.7. The van der Waals surface area contributed by atoms with Crippen molar-refractivity contribution in [3.05, 3.63) is 0 Å². The average molecular weight is 330 g/mol. The Morgan fingerprint density at radius 3 is 2.48 bits per heavy atom. The van der Waals surface area contributed by atoms with Crippen LogP contribution in [-0.4, -0.2) is 76.6 Å².